The van der Waals surface area contributed by atoms with E-state index < -0.39 is 12.3 Å². The molecule has 5 nitrogen and oxygen atoms in total. The Balaban J connectivity index is 1.23. The first kappa shape index (κ1) is 26.3. The molecule has 2 aromatic carbocycles. The van der Waals surface area contributed by atoms with Gasteiger partial charge in [0.1, 0.15) is 5.75 Å². The highest BCUT2D eigenvalue weighted by Crippen LogP contribution is 2.58. The first-order chi connectivity index (χ1) is 17.9. The number of nitrogens with one attached hydrogen (secondary N) is 1. The Labute approximate surface area is 222 Å². The number of carboxylic acid groups (broad SMARTS) is 1. The largest absolute Gasteiger partial charge is 0.573 e. The molecule has 2 fully saturated rings. The molecule has 0 atom stereocenters. The lowest BCUT2D eigenvalue weighted by Crippen LogP contribution is -2.57. The van der Waals surface area contributed by atoms with Crippen molar-refractivity contribution in [3.05, 3.63) is 75.0 Å². The van der Waals surface area contributed by atoms with E-state index in [0.29, 0.717) is 19.3 Å². The number of thiophene rings is 1. The van der Waals surface area contributed by atoms with E-state index in [1.807, 2.05) is 38.1 Å². The summed E-state index contributed by atoms with van der Waals surface area (Å²) in [5, 5.41) is 12.3. The first-order valence-corrected chi connectivity index (χ1v) is 13.3. The zero-order valence-electron chi connectivity index (χ0n) is 21.0. The van der Waals surface area contributed by atoms with Crippen molar-refractivity contribution < 1.29 is 32.6 Å². The van der Waals surface area contributed by atoms with Crippen molar-refractivity contribution in [3.8, 4) is 16.9 Å². The molecule has 0 saturated heterocycles. The second-order valence-electron chi connectivity index (χ2n) is 10.5. The van der Waals surface area contributed by atoms with Crippen LogP contribution >= 0.6 is 11.3 Å². The summed E-state index contributed by atoms with van der Waals surface area (Å²) in [6.45, 7) is 3.97. The second-order valence-corrected chi connectivity index (χ2v) is 12.0. The molecular formula is C29H28F3NO4S. The number of amides is 1. The number of halogens is 3. The minimum atomic E-state index is -4.72. The summed E-state index contributed by atoms with van der Waals surface area (Å²) >= 11 is 1.60. The van der Waals surface area contributed by atoms with Crippen molar-refractivity contribution in [2.75, 3.05) is 0 Å². The number of alkyl halides is 3. The van der Waals surface area contributed by atoms with Crippen molar-refractivity contribution in [1.29, 1.82) is 0 Å². The van der Waals surface area contributed by atoms with E-state index in [-0.39, 0.29) is 29.0 Å². The number of carbonyl (C=O) groups excluding carboxylic acids is 1. The number of rotatable bonds is 7. The Hall–Kier alpha value is -3.33. The monoisotopic (exact) mass is 543 g/mol. The molecule has 1 heterocycles. The molecule has 200 valence electrons. The van der Waals surface area contributed by atoms with Crippen LogP contribution in [0.5, 0.6) is 5.75 Å². The molecule has 3 aromatic rings. The summed E-state index contributed by atoms with van der Waals surface area (Å²) in [5.41, 5.74) is 4.47. The lowest BCUT2D eigenvalue weighted by atomic mass is 9.50. The molecule has 5 rings (SSSR count). The van der Waals surface area contributed by atoms with Gasteiger partial charge in [-0.1, -0.05) is 36.4 Å². The molecule has 2 saturated carbocycles. The summed E-state index contributed by atoms with van der Waals surface area (Å²) in [7, 11) is 0. The summed E-state index contributed by atoms with van der Waals surface area (Å²) in [4.78, 5) is 26.4. The molecule has 0 aliphatic heterocycles. The van der Waals surface area contributed by atoms with Gasteiger partial charge in [-0.25, -0.2) is 0 Å². The highest BCUT2D eigenvalue weighted by molar-refractivity contribution is 7.12. The summed E-state index contributed by atoms with van der Waals surface area (Å²) in [6, 6.07) is 13.6. The molecule has 0 unspecified atom stereocenters. The van der Waals surface area contributed by atoms with E-state index in [1.54, 1.807) is 23.5 Å². The number of aliphatic carboxylic acids is 1. The van der Waals surface area contributed by atoms with E-state index in [9.17, 15) is 22.8 Å². The number of ether oxygens (including phenoxy) is 1. The predicted molar refractivity (Wildman–Crippen MR) is 138 cm³/mol. The third kappa shape index (κ3) is 5.43. The molecular weight excluding hydrogens is 515 g/mol. The topological polar surface area (TPSA) is 75.6 Å². The minimum absolute atomic E-state index is 0.0754. The summed E-state index contributed by atoms with van der Waals surface area (Å²) in [6.07, 6.45) is -1.04. The maximum atomic E-state index is 13.3. The van der Waals surface area contributed by atoms with Gasteiger partial charge in [-0.05, 0) is 85.8 Å². The number of hydrogen-bond acceptors (Lipinski definition) is 4. The Morgan fingerprint density at radius 3 is 2.11 bits per heavy atom. The number of benzene rings is 2. The van der Waals surface area contributed by atoms with Gasteiger partial charge in [0.15, 0.2) is 0 Å². The molecule has 2 aliphatic carbocycles. The fraction of sp³-hybridized carbons (Fsp3) is 0.379. The molecule has 1 amide bonds. The molecule has 38 heavy (non-hydrogen) atoms. The van der Waals surface area contributed by atoms with Crippen LogP contribution in [0.1, 0.15) is 56.9 Å². The van der Waals surface area contributed by atoms with Gasteiger partial charge in [0.25, 0.3) is 5.91 Å². The fourth-order valence-electron chi connectivity index (χ4n) is 5.95. The predicted octanol–water partition coefficient (Wildman–Crippen LogP) is 6.89. The minimum Gasteiger partial charge on any atom is -0.481 e. The van der Waals surface area contributed by atoms with Crippen LogP contribution < -0.4 is 10.1 Å². The van der Waals surface area contributed by atoms with E-state index in [4.69, 9.17) is 5.11 Å². The van der Waals surface area contributed by atoms with Crippen molar-refractivity contribution in [1.82, 2.24) is 5.32 Å². The lowest BCUT2D eigenvalue weighted by molar-refractivity contribution is -0.274. The Morgan fingerprint density at radius 1 is 0.974 bits per heavy atom. The SMILES string of the molecule is Cc1sc(C)c(C(=O)NC2CC3(C2)CC(C(=O)O)C3)c1Cc1ccc(-c2ccc(OC(F)(F)F)cc2)cc1. The number of aryl methyl sites for hydroxylation is 2. The van der Waals surface area contributed by atoms with Crippen molar-refractivity contribution in [3.63, 3.8) is 0 Å². The Kier molecular flexibility index (Phi) is 6.75. The van der Waals surface area contributed by atoms with Crippen molar-refractivity contribution in [2.24, 2.45) is 11.3 Å². The van der Waals surface area contributed by atoms with Crippen molar-refractivity contribution in [2.45, 2.75) is 58.4 Å². The number of carbonyl (C=O) groups is 2. The lowest BCUT2D eigenvalue weighted by Gasteiger charge is -2.56. The van der Waals surface area contributed by atoms with Gasteiger partial charge in [-0.2, -0.15) is 0 Å². The van der Waals surface area contributed by atoms with E-state index in [0.717, 1.165) is 50.4 Å². The van der Waals surface area contributed by atoms with Crippen molar-refractivity contribution >= 4 is 23.2 Å². The van der Waals surface area contributed by atoms with Crippen LogP contribution in [0.4, 0.5) is 13.2 Å². The van der Waals surface area contributed by atoms with Gasteiger partial charge >= 0.3 is 12.3 Å². The fourth-order valence-corrected chi connectivity index (χ4v) is 7.02. The zero-order chi connectivity index (χ0) is 27.2. The molecule has 0 bridgehead atoms. The maximum Gasteiger partial charge on any atom is 0.573 e. The standard InChI is InChI=1S/C29H28F3NO4S/c1-16-24(11-18-3-5-19(6-4-18)20-7-9-23(10-8-20)37-29(30,31)32)25(17(2)38-16)26(34)33-22-14-28(15-22)12-21(13-28)27(35)36/h3-10,21-22H,11-15H2,1-2H3,(H,33,34)(H,35,36). The summed E-state index contributed by atoms with van der Waals surface area (Å²) < 4.78 is 41.1. The van der Waals surface area contributed by atoms with Gasteiger partial charge in [0.2, 0.25) is 0 Å². The van der Waals surface area contributed by atoms with E-state index >= 15 is 0 Å². The quantitative estimate of drug-likeness (QED) is 0.340. The average Bonchev–Trinajstić information content (AvgIpc) is 3.06. The third-order valence-corrected chi connectivity index (χ3v) is 8.83. The average molecular weight is 544 g/mol. The number of carboxylic acids is 1. The van der Waals surface area contributed by atoms with Gasteiger partial charge in [0, 0.05) is 15.8 Å². The van der Waals surface area contributed by atoms with Gasteiger partial charge in [-0.15, -0.1) is 24.5 Å². The molecule has 1 spiro atoms. The zero-order valence-corrected chi connectivity index (χ0v) is 21.8. The van der Waals surface area contributed by atoms with Crippen LogP contribution in [-0.4, -0.2) is 29.4 Å². The van der Waals surface area contributed by atoms with Crippen LogP contribution in [-0.2, 0) is 11.2 Å². The third-order valence-electron chi connectivity index (χ3n) is 7.77. The van der Waals surface area contributed by atoms with E-state index in [1.165, 1.54) is 12.1 Å². The molecule has 9 heteroatoms. The Bertz CT molecular complexity index is 1350. The Morgan fingerprint density at radius 2 is 1.55 bits per heavy atom. The van der Waals surface area contributed by atoms with Gasteiger partial charge in [-0.3, -0.25) is 9.59 Å². The smallest absolute Gasteiger partial charge is 0.481 e. The highest BCUT2D eigenvalue weighted by atomic mass is 32.1. The van der Waals surface area contributed by atoms with E-state index in [2.05, 4.69) is 10.1 Å². The van der Waals surface area contributed by atoms with Gasteiger partial charge < -0.3 is 15.2 Å². The van der Waals surface area contributed by atoms with Crippen LogP contribution in [0.25, 0.3) is 11.1 Å². The van der Waals surface area contributed by atoms with Crippen LogP contribution in [0.2, 0.25) is 0 Å². The molecule has 2 N–H and O–H groups in total. The first-order valence-electron chi connectivity index (χ1n) is 12.5. The summed E-state index contributed by atoms with van der Waals surface area (Å²) in [5.74, 6) is -1.30. The highest BCUT2D eigenvalue weighted by Gasteiger charge is 2.55. The number of hydrogen-bond donors (Lipinski definition) is 2. The van der Waals surface area contributed by atoms with Crippen LogP contribution in [0, 0.1) is 25.2 Å². The normalized spacial score (nSPS) is 22.4. The molecule has 1 aromatic heterocycles. The van der Waals surface area contributed by atoms with Gasteiger partial charge in [0.05, 0.1) is 11.5 Å². The second kappa shape index (κ2) is 9.76. The molecule has 2 aliphatic rings. The maximum absolute atomic E-state index is 13.3. The van der Waals surface area contributed by atoms with Crippen LogP contribution in [0.3, 0.4) is 0 Å². The molecule has 0 radical (unpaired) electrons. The van der Waals surface area contributed by atoms with Crippen LogP contribution in [0.15, 0.2) is 48.5 Å².